The Balaban J connectivity index is 1.95. The van der Waals surface area contributed by atoms with Gasteiger partial charge in [-0.2, -0.15) is 0 Å². The number of aryl methyl sites for hydroxylation is 2. The van der Waals surface area contributed by atoms with E-state index in [0.29, 0.717) is 6.42 Å². The van der Waals surface area contributed by atoms with Crippen LogP contribution in [0.3, 0.4) is 0 Å². The minimum Gasteiger partial charge on any atom is -0.300 e. The highest BCUT2D eigenvalue weighted by Gasteiger charge is 2.13. The molecule has 0 radical (unpaired) electrons. The number of nitrogens with zero attached hydrogens (tertiary/aromatic N) is 2. The van der Waals surface area contributed by atoms with Crippen molar-refractivity contribution in [2.24, 2.45) is 0 Å². The summed E-state index contributed by atoms with van der Waals surface area (Å²) in [6.07, 6.45) is 7.52. The Kier molecular flexibility index (Phi) is 3.11. The summed E-state index contributed by atoms with van der Waals surface area (Å²) in [6, 6.07) is 6.18. The number of pyridine rings is 2. The molecule has 0 amide bonds. The van der Waals surface area contributed by atoms with Crippen LogP contribution in [-0.4, -0.2) is 15.8 Å². The molecule has 0 aliphatic heterocycles. The average molecular weight is 252 g/mol. The zero-order valence-electron chi connectivity index (χ0n) is 11.0. The van der Waals surface area contributed by atoms with Crippen molar-refractivity contribution >= 4 is 5.78 Å². The van der Waals surface area contributed by atoms with Crippen LogP contribution in [0.1, 0.15) is 30.3 Å². The molecule has 96 valence electrons. The van der Waals surface area contributed by atoms with Crippen LogP contribution in [0, 0.1) is 0 Å². The molecule has 3 heteroatoms. The molecule has 3 nitrogen and oxygen atoms in total. The third-order valence-corrected chi connectivity index (χ3v) is 3.50. The van der Waals surface area contributed by atoms with E-state index in [1.54, 1.807) is 13.1 Å². The van der Waals surface area contributed by atoms with Crippen molar-refractivity contribution < 1.29 is 4.79 Å². The lowest BCUT2D eigenvalue weighted by Crippen LogP contribution is -1.99. The molecule has 2 heterocycles. The first kappa shape index (κ1) is 12.0. The Bertz CT molecular complexity index is 634. The second-order valence-electron chi connectivity index (χ2n) is 5.10. The second-order valence-corrected chi connectivity index (χ2v) is 5.10. The fourth-order valence-electron chi connectivity index (χ4n) is 2.59. The normalized spacial score (nSPS) is 13.3. The zero-order valence-corrected chi connectivity index (χ0v) is 11.0. The molecule has 2 aromatic rings. The number of aromatic nitrogens is 2. The van der Waals surface area contributed by atoms with Crippen LogP contribution in [0.4, 0.5) is 0 Å². The van der Waals surface area contributed by atoms with Crippen molar-refractivity contribution in [3.63, 3.8) is 0 Å². The number of carbonyl (C=O) groups excluding carboxylic acids is 1. The maximum Gasteiger partial charge on any atom is 0.135 e. The zero-order chi connectivity index (χ0) is 13.2. The van der Waals surface area contributed by atoms with E-state index < -0.39 is 0 Å². The molecule has 2 aromatic heterocycles. The molecule has 1 aliphatic carbocycles. The lowest BCUT2D eigenvalue weighted by Gasteiger charge is -2.06. The third kappa shape index (κ3) is 2.55. The third-order valence-electron chi connectivity index (χ3n) is 3.50. The Morgan fingerprint density at radius 2 is 2.11 bits per heavy atom. The second kappa shape index (κ2) is 4.92. The number of Topliss-reactive ketones (excluding diaryl/α,β-unsaturated/α-hetero) is 1. The van der Waals surface area contributed by atoms with E-state index in [1.807, 2.05) is 18.3 Å². The number of carbonyl (C=O) groups is 1. The molecule has 0 saturated carbocycles. The molecule has 0 unspecified atom stereocenters. The Hall–Kier alpha value is -2.03. The molecule has 0 bridgehead atoms. The van der Waals surface area contributed by atoms with Gasteiger partial charge in [-0.3, -0.25) is 14.8 Å². The molecule has 0 N–H and O–H groups in total. The molecule has 1 aliphatic rings. The van der Waals surface area contributed by atoms with Crippen molar-refractivity contribution in [1.29, 1.82) is 0 Å². The molecule has 0 spiro atoms. The van der Waals surface area contributed by atoms with Crippen LogP contribution >= 0.6 is 0 Å². The summed E-state index contributed by atoms with van der Waals surface area (Å²) in [5.74, 6) is 0.136. The maximum absolute atomic E-state index is 11.2. The van der Waals surface area contributed by atoms with Crippen LogP contribution in [0.5, 0.6) is 0 Å². The lowest BCUT2D eigenvalue weighted by molar-refractivity contribution is -0.116. The van der Waals surface area contributed by atoms with Gasteiger partial charge in [0.05, 0.1) is 0 Å². The average Bonchev–Trinajstić information content (AvgIpc) is 2.85. The molecular weight excluding hydrogens is 236 g/mol. The van der Waals surface area contributed by atoms with Gasteiger partial charge in [-0.25, -0.2) is 0 Å². The van der Waals surface area contributed by atoms with E-state index in [2.05, 4.69) is 16.0 Å². The summed E-state index contributed by atoms with van der Waals surface area (Å²) >= 11 is 0. The van der Waals surface area contributed by atoms with Gasteiger partial charge >= 0.3 is 0 Å². The summed E-state index contributed by atoms with van der Waals surface area (Å²) in [7, 11) is 0. The van der Waals surface area contributed by atoms with Crippen molar-refractivity contribution in [3.8, 4) is 11.1 Å². The predicted molar refractivity (Wildman–Crippen MR) is 73.9 cm³/mol. The molecular formula is C16H16N2O. The Labute approximate surface area is 112 Å². The number of rotatable bonds is 3. The molecule has 19 heavy (non-hydrogen) atoms. The molecule has 3 rings (SSSR count). The standard InChI is InChI=1S/C16H16N2O/c1-11(19)7-15-9-12(5-6-17-15)14-8-13-3-2-4-16(13)18-10-14/h5-6,8-10H,2-4,7H2,1H3. The van der Waals surface area contributed by atoms with Crippen LogP contribution in [0.15, 0.2) is 30.6 Å². The number of hydrogen-bond donors (Lipinski definition) is 0. The molecule has 0 aromatic carbocycles. The van der Waals surface area contributed by atoms with Crippen LogP contribution in [0.2, 0.25) is 0 Å². The first-order chi connectivity index (χ1) is 9.22. The minimum atomic E-state index is 0.136. The quantitative estimate of drug-likeness (QED) is 0.843. The number of ketones is 1. The van der Waals surface area contributed by atoms with E-state index in [4.69, 9.17) is 0 Å². The first-order valence-corrected chi connectivity index (χ1v) is 6.65. The van der Waals surface area contributed by atoms with Gasteiger partial charge < -0.3 is 0 Å². The molecule has 0 fully saturated rings. The summed E-state index contributed by atoms with van der Waals surface area (Å²) in [5, 5.41) is 0. The molecule has 0 atom stereocenters. The van der Waals surface area contributed by atoms with Gasteiger partial charge in [-0.05, 0) is 55.5 Å². The summed E-state index contributed by atoms with van der Waals surface area (Å²) < 4.78 is 0. The summed E-state index contributed by atoms with van der Waals surface area (Å²) in [5.41, 5.74) is 5.64. The fourth-order valence-corrected chi connectivity index (χ4v) is 2.59. The fraction of sp³-hybridized carbons (Fsp3) is 0.312. The van der Waals surface area contributed by atoms with E-state index in [1.165, 1.54) is 17.7 Å². The van der Waals surface area contributed by atoms with Gasteiger partial charge in [-0.15, -0.1) is 0 Å². The van der Waals surface area contributed by atoms with Crippen molar-refractivity contribution in [2.75, 3.05) is 0 Å². The van der Waals surface area contributed by atoms with E-state index in [9.17, 15) is 4.79 Å². The first-order valence-electron chi connectivity index (χ1n) is 6.65. The van der Waals surface area contributed by atoms with Crippen LogP contribution < -0.4 is 0 Å². The number of fused-ring (bicyclic) bond motifs is 1. The smallest absolute Gasteiger partial charge is 0.135 e. The predicted octanol–water partition coefficient (Wildman–Crippen LogP) is 2.76. The van der Waals surface area contributed by atoms with Gasteiger partial charge in [0.15, 0.2) is 0 Å². The van der Waals surface area contributed by atoms with Crippen LogP contribution in [-0.2, 0) is 24.1 Å². The highest BCUT2D eigenvalue weighted by atomic mass is 16.1. The van der Waals surface area contributed by atoms with E-state index >= 15 is 0 Å². The van der Waals surface area contributed by atoms with Gasteiger partial charge in [-0.1, -0.05) is 0 Å². The van der Waals surface area contributed by atoms with Gasteiger partial charge in [0, 0.05) is 35.8 Å². The lowest BCUT2D eigenvalue weighted by atomic mass is 10.0. The summed E-state index contributed by atoms with van der Waals surface area (Å²) in [6.45, 7) is 1.59. The largest absolute Gasteiger partial charge is 0.300 e. The highest BCUT2D eigenvalue weighted by molar-refractivity contribution is 5.78. The van der Waals surface area contributed by atoms with Crippen LogP contribution in [0.25, 0.3) is 11.1 Å². The molecule has 0 saturated heterocycles. The van der Waals surface area contributed by atoms with Gasteiger partial charge in [0.25, 0.3) is 0 Å². The highest BCUT2D eigenvalue weighted by Crippen LogP contribution is 2.26. The summed E-state index contributed by atoms with van der Waals surface area (Å²) in [4.78, 5) is 19.9. The Morgan fingerprint density at radius 3 is 2.95 bits per heavy atom. The Morgan fingerprint density at radius 1 is 1.21 bits per heavy atom. The maximum atomic E-state index is 11.2. The SMILES string of the molecule is CC(=O)Cc1cc(-c2cnc3c(c2)CCC3)ccn1. The monoisotopic (exact) mass is 252 g/mol. The topological polar surface area (TPSA) is 42.9 Å². The van der Waals surface area contributed by atoms with Gasteiger partial charge in [0.2, 0.25) is 0 Å². The van der Waals surface area contributed by atoms with E-state index in [0.717, 1.165) is 29.7 Å². The minimum absolute atomic E-state index is 0.136. The van der Waals surface area contributed by atoms with Gasteiger partial charge in [0.1, 0.15) is 5.78 Å². The van der Waals surface area contributed by atoms with Crippen molar-refractivity contribution in [3.05, 3.63) is 47.5 Å². The van der Waals surface area contributed by atoms with Crippen molar-refractivity contribution in [1.82, 2.24) is 9.97 Å². The van der Waals surface area contributed by atoms with E-state index in [-0.39, 0.29) is 5.78 Å². The van der Waals surface area contributed by atoms with Crippen molar-refractivity contribution in [2.45, 2.75) is 32.6 Å². The number of hydrogen-bond acceptors (Lipinski definition) is 3.